The Hall–Kier alpha value is -1.02. The number of fused-ring (bicyclic) bond motifs is 4. The number of hydrogen-bond acceptors (Lipinski definition) is 2. The topological polar surface area (TPSA) is 22.4 Å². The van der Waals surface area contributed by atoms with E-state index in [4.69, 9.17) is 9.15 Å². The SMILES string of the molecule is C=C1[C@H]2C[C@H]2[C@]2(C)Cc3occ(COC)c3C[C@H]12. The van der Waals surface area contributed by atoms with Crippen molar-refractivity contribution in [1.29, 1.82) is 0 Å². The van der Waals surface area contributed by atoms with E-state index in [1.54, 1.807) is 7.11 Å². The van der Waals surface area contributed by atoms with E-state index in [-0.39, 0.29) is 0 Å². The molecule has 2 saturated carbocycles. The van der Waals surface area contributed by atoms with Crippen molar-refractivity contribution < 1.29 is 9.15 Å². The van der Waals surface area contributed by atoms with Crippen LogP contribution in [0, 0.1) is 23.2 Å². The number of ether oxygens (including phenoxy) is 1. The van der Waals surface area contributed by atoms with E-state index in [0.717, 1.165) is 24.7 Å². The van der Waals surface area contributed by atoms with Crippen LogP contribution in [0.5, 0.6) is 0 Å². The van der Waals surface area contributed by atoms with Crippen LogP contribution in [-0.4, -0.2) is 7.11 Å². The molecule has 0 radical (unpaired) electrons. The Morgan fingerprint density at radius 2 is 2.39 bits per heavy atom. The molecule has 4 rings (SSSR count). The molecule has 0 aliphatic heterocycles. The third kappa shape index (κ3) is 1.17. The maximum absolute atomic E-state index is 5.81. The van der Waals surface area contributed by atoms with Gasteiger partial charge in [-0.3, -0.25) is 0 Å². The van der Waals surface area contributed by atoms with Crippen molar-refractivity contribution in [1.82, 2.24) is 0 Å². The number of hydrogen-bond donors (Lipinski definition) is 0. The van der Waals surface area contributed by atoms with E-state index >= 15 is 0 Å². The summed E-state index contributed by atoms with van der Waals surface area (Å²) in [6.45, 7) is 7.49. The molecule has 1 heterocycles. The highest BCUT2D eigenvalue weighted by molar-refractivity contribution is 5.40. The Balaban J connectivity index is 1.74. The highest BCUT2D eigenvalue weighted by Crippen LogP contribution is 2.69. The van der Waals surface area contributed by atoms with Crippen molar-refractivity contribution in [3.63, 3.8) is 0 Å². The zero-order chi connectivity index (χ0) is 12.5. The van der Waals surface area contributed by atoms with Gasteiger partial charge in [-0.15, -0.1) is 0 Å². The average Bonchev–Trinajstić information content (AvgIpc) is 3.03. The maximum Gasteiger partial charge on any atom is 0.107 e. The second-order valence-corrected chi connectivity index (χ2v) is 6.56. The molecule has 3 aliphatic rings. The summed E-state index contributed by atoms with van der Waals surface area (Å²) in [5, 5.41) is 0. The van der Waals surface area contributed by atoms with Gasteiger partial charge in [0, 0.05) is 19.1 Å². The number of furan rings is 1. The standard InChI is InChI=1S/C16H20O2/c1-9-11-4-14(11)16(2)6-15-12(5-13(9)16)10(7-17-3)8-18-15/h8,11,13-14H,1,4-7H2,2-3H3/t11-,13-,14-,16-/m1/s1. The Bertz CT molecular complexity index is 527. The van der Waals surface area contributed by atoms with Crippen molar-refractivity contribution >= 4 is 0 Å². The summed E-state index contributed by atoms with van der Waals surface area (Å²) in [6.07, 6.45) is 5.47. The van der Waals surface area contributed by atoms with Crippen LogP contribution in [0.2, 0.25) is 0 Å². The number of methoxy groups -OCH3 is 1. The fraction of sp³-hybridized carbons (Fsp3) is 0.625. The van der Waals surface area contributed by atoms with Crippen molar-refractivity contribution in [2.24, 2.45) is 23.2 Å². The normalized spacial score (nSPS) is 40.3. The van der Waals surface area contributed by atoms with Crippen molar-refractivity contribution in [3.05, 3.63) is 35.3 Å². The summed E-state index contributed by atoms with van der Waals surface area (Å²) in [7, 11) is 1.75. The molecule has 0 amide bonds. The quantitative estimate of drug-likeness (QED) is 0.744. The molecule has 2 heteroatoms. The zero-order valence-corrected chi connectivity index (χ0v) is 11.2. The maximum atomic E-state index is 5.81. The van der Waals surface area contributed by atoms with Gasteiger partial charge in [-0.25, -0.2) is 0 Å². The van der Waals surface area contributed by atoms with Crippen molar-refractivity contribution in [2.75, 3.05) is 7.11 Å². The first-order valence-electron chi connectivity index (χ1n) is 6.91. The molecule has 18 heavy (non-hydrogen) atoms. The van der Waals surface area contributed by atoms with Crippen LogP contribution in [0.15, 0.2) is 22.8 Å². The molecule has 0 unspecified atom stereocenters. The first kappa shape index (κ1) is 10.9. The van der Waals surface area contributed by atoms with Gasteiger partial charge in [0.25, 0.3) is 0 Å². The molecule has 2 fully saturated rings. The van der Waals surface area contributed by atoms with Gasteiger partial charge in [0.05, 0.1) is 12.9 Å². The first-order chi connectivity index (χ1) is 8.65. The van der Waals surface area contributed by atoms with E-state index < -0.39 is 0 Å². The van der Waals surface area contributed by atoms with Gasteiger partial charge >= 0.3 is 0 Å². The molecule has 0 spiro atoms. The molecule has 3 aliphatic carbocycles. The minimum Gasteiger partial charge on any atom is -0.469 e. The van der Waals surface area contributed by atoms with Crippen LogP contribution in [-0.2, 0) is 24.2 Å². The second kappa shape index (κ2) is 3.30. The molecule has 1 aromatic rings. The Kier molecular flexibility index (Phi) is 1.99. The van der Waals surface area contributed by atoms with Crippen LogP contribution in [0.3, 0.4) is 0 Å². The summed E-state index contributed by atoms with van der Waals surface area (Å²) in [4.78, 5) is 0. The van der Waals surface area contributed by atoms with Gasteiger partial charge in [-0.2, -0.15) is 0 Å². The molecule has 0 N–H and O–H groups in total. The van der Waals surface area contributed by atoms with Crippen LogP contribution < -0.4 is 0 Å². The summed E-state index contributed by atoms with van der Waals surface area (Å²) in [5.41, 5.74) is 4.57. The average molecular weight is 244 g/mol. The highest BCUT2D eigenvalue weighted by atomic mass is 16.5. The molecule has 0 saturated heterocycles. The third-order valence-corrected chi connectivity index (χ3v) is 5.67. The summed E-state index contributed by atoms with van der Waals surface area (Å²) in [6, 6.07) is 0. The lowest BCUT2D eigenvalue weighted by Crippen LogP contribution is -2.34. The van der Waals surface area contributed by atoms with Gasteiger partial charge in [-0.1, -0.05) is 19.1 Å². The monoisotopic (exact) mass is 244 g/mol. The summed E-state index contributed by atoms with van der Waals surface area (Å²) < 4.78 is 11.1. The minimum atomic E-state index is 0.414. The highest BCUT2D eigenvalue weighted by Gasteiger charge is 2.63. The van der Waals surface area contributed by atoms with Gasteiger partial charge in [0.1, 0.15) is 5.76 Å². The molecule has 96 valence electrons. The molecular weight excluding hydrogens is 224 g/mol. The van der Waals surface area contributed by atoms with Gasteiger partial charge in [0.2, 0.25) is 0 Å². The Morgan fingerprint density at radius 1 is 1.56 bits per heavy atom. The van der Waals surface area contributed by atoms with Gasteiger partial charge in [-0.05, 0) is 41.6 Å². The van der Waals surface area contributed by atoms with Gasteiger partial charge in [0.15, 0.2) is 0 Å². The van der Waals surface area contributed by atoms with Crippen molar-refractivity contribution in [2.45, 2.75) is 32.8 Å². The molecule has 2 nitrogen and oxygen atoms in total. The lowest BCUT2D eigenvalue weighted by molar-refractivity contribution is 0.170. The first-order valence-corrected chi connectivity index (χ1v) is 6.91. The Labute approximate surface area is 108 Å². The number of allylic oxidation sites excluding steroid dienone is 1. The number of rotatable bonds is 2. The Morgan fingerprint density at radius 3 is 3.17 bits per heavy atom. The second-order valence-electron chi connectivity index (χ2n) is 6.56. The largest absolute Gasteiger partial charge is 0.469 e. The predicted molar refractivity (Wildman–Crippen MR) is 69.2 cm³/mol. The molecule has 0 aromatic carbocycles. The van der Waals surface area contributed by atoms with E-state index in [1.165, 1.54) is 28.9 Å². The van der Waals surface area contributed by atoms with E-state index in [2.05, 4.69) is 13.5 Å². The smallest absolute Gasteiger partial charge is 0.107 e. The van der Waals surface area contributed by atoms with Crippen LogP contribution in [0.4, 0.5) is 0 Å². The van der Waals surface area contributed by atoms with Crippen LogP contribution >= 0.6 is 0 Å². The van der Waals surface area contributed by atoms with E-state index in [0.29, 0.717) is 17.9 Å². The fourth-order valence-electron chi connectivity index (χ4n) is 4.58. The van der Waals surface area contributed by atoms with E-state index in [1.807, 2.05) is 6.26 Å². The lowest BCUT2D eigenvalue weighted by atomic mass is 9.65. The fourth-order valence-corrected chi connectivity index (χ4v) is 4.58. The lowest BCUT2D eigenvalue weighted by Gasteiger charge is -2.38. The third-order valence-electron chi connectivity index (χ3n) is 5.67. The van der Waals surface area contributed by atoms with Gasteiger partial charge < -0.3 is 9.15 Å². The molecule has 1 aromatic heterocycles. The van der Waals surface area contributed by atoms with E-state index in [9.17, 15) is 0 Å². The van der Waals surface area contributed by atoms with Crippen molar-refractivity contribution in [3.8, 4) is 0 Å². The zero-order valence-electron chi connectivity index (χ0n) is 11.2. The molecule has 0 bridgehead atoms. The summed E-state index contributed by atoms with van der Waals surface area (Å²) in [5.74, 6) is 3.57. The molecular formula is C16H20O2. The van der Waals surface area contributed by atoms with Crippen LogP contribution in [0.25, 0.3) is 0 Å². The minimum absolute atomic E-state index is 0.414. The van der Waals surface area contributed by atoms with Crippen LogP contribution in [0.1, 0.15) is 30.2 Å². The summed E-state index contributed by atoms with van der Waals surface area (Å²) >= 11 is 0. The predicted octanol–water partition coefficient (Wildman–Crippen LogP) is 3.35. The molecule has 4 atom stereocenters.